The lowest BCUT2D eigenvalue weighted by Gasteiger charge is -2.31. The van der Waals surface area contributed by atoms with Gasteiger partial charge in [-0.15, -0.1) is 0 Å². The minimum Gasteiger partial charge on any atom is -0.456 e. The topological polar surface area (TPSA) is 88.1 Å². The summed E-state index contributed by atoms with van der Waals surface area (Å²) < 4.78 is 35.3. The molecule has 0 N–H and O–H groups in total. The zero-order valence-corrected chi connectivity index (χ0v) is 19.0. The Kier molecular flexibility index (Phi) is 7.27. The van der Waals surface area contributed by atoms with Gasteiger partial charge in [-0.3, -0.25) is 13.8 Å². The van der Waals surface area contributed by atoms with Gasteiger partial charge in [0, 0.05) is 0 Å². The zero-order valence-electron chi connectivity index (χ0n) is 18.1. The number of benzene rings is 1. The van der Waals surface area contributed by atoms with Crippen molar-refractivity contribution in [2.75, 3.05) is 0 Å². The van der Waals surface area contributed by atoms with Crippen LogP contribution in [-0.2, 0) is 18.3 Å². The summed E-state index contributed by atoms with van der Waals surface area (Å²) in [6, 6.07) is 4.12. The fourth-order valence-electron chi connectivity index (χ4n) is 2.02. The molecule has 0 aliphatic heterocycles. The number of hydrogen-bond acceptors (Lipinski definition) is 7. The molecule has 1 aromatic carbocycles. The van der Waals surface area contributed by atoms with Crippen molar-refractivity contribution in [3.8, 4) is 5.75 Å². The highest BCUT2D eigenvalue weighted by molar-refractivity contribution is 7.49. The standard InChI is InChI=1S/C20H31O7P/c1-18(2,3)24-17(22)14-10-11-15(13-21)16(12-14)25-28(23,26-19(4,5)6)27-20(7,8)9/h10-13H,1-9H3. The number of rotatable bonds is 6. The van der Waals surface area contributed by atoms with Gasteiger partial charge in [-0.05, 0) is 80.5 Å². The normalized spacial score (nSPS) is 13.2. The third-order valence-corrected chi connectivity index (χ3v) is 4.72. The van der Waals surface area contributed by atoms with E-state index in [2.05, 4.69) is 0 Å². The molecular formula is C20H31O7P. The highest BCUT2D eigenvalue weighted by atomic mass is 31.2. The first-order valence-electron chi connectivity index (χ1n) is 8.97. The summed E-state index contributed by atoms with van der Waals surface area (Å²) in [5.74, 6) is -0.687. The molecule has 0 aliphatic rings. The number of carbonyl (C=O) groups is 2. The van der Waals surface area contributed by atoms with Crippen molar-refractivity contribution in [1.29, 1.82) is 0 Å². The Labute approximate surface area is 167 Å². The van der Waals surface area contributed by atoms with E-state index in [0.717, 1.165) is 0 Å². The van der Waals surface area contributed by atoms with Crippen molar-refractivity contribution in [2.24, 2.45) is 0 Å². The maximum absolute atomic E-state index is 13.3. The Balaban J connectivity index is 3.33. The molecule has 0 amide bonds. The third-order valence-electron chi connectivity index (χ3n) is 2.76. The highest BCUT2D eigenvalue weighted by Gasteiger charge is 2.39. The predicted molar refractivity (Wildman–Crippen MR) is 107 cm³/mol. The van der Waals surface area contributed by atoms with E-state index in [4.69, 9.17) is 18.3 Å². The molecule has 8 heteroatoms. The van der Waals surface area contributed by atoms with E-state index in [9.17, 15) is 14.2 Å². The molecule has 0 atom stereocenters. The minimum absolute atomic E-state index is 0.0878. The molecule has 0 radical (unpaired) electrons. The van der Waals surface area contributed by atoms with Crippen molar-refractivity contribution in [1.82, 2.24) is 0 Å². The fourth-order valence-corrected chi connectivity index (χ4v) is 3.87. The van der Waals surface area contributed by atoms with Gasteiger partial charge in [-0.2, -0.15) is 0 Å². The van der Waals surface area contributed by atoms with Gasteiger partial charge >= 0.3 is 13.8 Å². The van der Waals surface area contributed by atoms with Crippen molar-refractivity contribution < 1.29 is 32.5 Å². The molecule has 0 unspecified atom stereocenters. The Morgan fingerprint density at radius 2 is 1.39 bits per heavy atom. The lowest BCUT2D eigenvalue weighted by Crippen LogP contribution is -2.26. The van der Waals surface area contributed by atoms with Crippen LogP contribution in [-0.4, -0.2) is 29.1 Å². The van der Waals surface area contributed by atoms with Crippen molar-refractivity contribution >= 4 is 20.1 Å². The lowest BCUT2D eigenvalue weighted by atomic mass is 10.1. The summed E-state index contributed by atoms with van der Waals surface area (Å²) in [6.45, 7) is 15.4. The molecule has 0 heterocycles. The molecule has 1 aromatic rings. The molecular weight excluding hydrogens is 383 g/mol. The summed E-state index contributed by atoms with van der Waals surface area (Å²) in [5.41, 5.74) is -2.13. The Bertz CT molecular complexity index is 744. The number of ether oxygens (including phenoxy) is 1. The van der Waals surface area contributed by atoms with E-state index >= 15 is 0 Å². The molecule has 0 bridgehead atoms. The number of carbonyl (C=O) groups excluding carboxylic acids is 2. The predicted octanol–water partition coefficient (Wildman–Crippen LogP) is 5.57. The van der Waals surface area contributed by atoms with Gasteiger partial charge in [0.1, 0.15) is 11.4 Å². The molecule has 0 aromatic heterocycles. The molecule has 0 fully saturated rings. The third kappa shape index (κ3) is 8.55. The average Bonchev–Trinajstić information content (AvgIpc) is 2.40. The molecule has 0 spiro atoms. The summed E-state index contributed by atoms with van der Waals surface area (Å²) >= 11 is 0. The number of hydrogen-bond donors (Lipinski definition) is 0. The average molecular weight is 414 g/mol. The second-order valence-electron chi connectivity index (χ2n) is 9.32. The van der Waals surface area contributed by atoms with Crippen LogP contribution in [0.5, 0.6) is 5.75 Å². The van der Waals surface area contributed by atoms with Crippen LogP contribution in [0, 0.1) is 0 Å². The first-order chi connectivity index (χ1) is 12.4. The smallest absolute Gasteiger partial charge is 0.456 e. The van der Waals surface area contributed by atoms with E-state index in [0.29, 0.717) is 6.29 Å². The van der Waals surface area contributed by atoms with Gasteiger partial charge in [-0.25, -0.2) is 9.36 Å². The number of esters is 1. The number of aldehydes is 1. The number of phosphoric ester groups is 1. The lowest BCUT2D eigenvalue weighted by molar-refractivity contribution is 0.00651. The van der Waals surface area contributed by atoms with Gasteiger partial charge in [0.2, 0.25) is 0 Å². The highest BCUT2D eigenvalue weighted by Crippen LogP contribution is 2.55. The van der Waals surface area contributed by atoms with Gasteiger partial charge in [0.15, 0.2) is 6.29 Å². The summed E-state index contributed by atoms with van der Waals surface area (Å²) in [4.78, 5) is 23.8. The SMILES string of the molecule is CC(C)(C)OC(=O)c1ccc(C=O)c(OP(=O)(OC(C)(C)C)OC(C)(C)C)c1. The van der Waals surface area contributed by atoms with Crippen LogP contribution in [0.3, 0.4) is 0 Å². The molecule has 1 rings (SSSR count). The second-order valence-corrected chi connectivity index (χ2v) is 10.8. The van der Waals surface area contributed by atoms with E-state index < -0.39 is 30.6 Å². The Hall–Kier alpha value is -1.69. The van der Waals surface area contributed by atoms with Crippen LogP contribution in [0.4, 0.5) is 0 Å². The molecule has 28 heavy (non-hydrogen) atoms. The van der Waals surface area contributed by atoms with E-state index in [1.54, 1.807) is 62.3 Å². The van der Waals surface area contributed by atoms with E-state index in [-0.39, 0.29) is 16.9 Å². The van der Waals surface area contributed by atoms with Gasteiger partial charge < -0.3 is 9.26 Å². The molecule has 0 aliphatic carbocycles. The maximum Gasteiger partial charge on any atom is 0.531 e. The summed E-state index contributed by atoms with van der Waals surface area (Å²) in [6.07, 6.45) is 0.534. The van der Waals surface area contributed by atoms with Gasteiger partial charge in [-0.1, -0.05) is 0 Å². The van der Waals surface area contributed by atoms with Crippen LogP contribution in [0.25, 0.3) is 0 Å². The van der Waals surface area contributed by atoms with Crippen molar-refractivity contribution in [2.45, 2.75) is 79.1 Å². The van der Waals surface area contributed by atoms with Crippen molar-refractivity contribution in [3.05, 3.63) is 29.3 Å². The van der Waals surface area contributed by atoms with E-state index in [1.165, 1.54) is 18.2 Å². The largest absolute Gasteiger partial charge is 0.531 e. The minimum atomic E-state index is -4.13. The zero-order chi connectivity index (χ0) is 22.0. The number of phosphoric acid groups is 1. The maximum atomic E-state index is 13.3. The Morgan fingerprint density at radius 3 is 1.79 bits per heavy atom. The molecule has 0 saturated carbocycles. The molecule has 158 valence electrons. The summed E-state index contributed by atoms with van der Waals surface area (Å²) in [7, 11) is -4.13. The summed E-state index contributed by atoms with van der Waals surface area (Å²) in [5, 5.41) is 0. The monoisotopic (exact) mass is 414 g/mol. The van der Waals surface area contributed by atoms with E-state index in [1.807, 2.05) is 0 Å². The first kappa shape index (κ1) is 24.3. The second kappa shape index (κ2) is 8.36. The molecule has 7 nitrogen and oxygen atoms in total. The molecule has 0 saturated heterocycles. The first-order valence-corrected chi connectivity index (χ1v) is 10.4. The van der Waals surface area contributed by atoms with Crippen molar-refractivity contribution in [3.63, 3.8) is 0 Å². The fraction of sp³-hybridized carbons (Fsp3) is 0.600. The van der Waals surface area contributed by atoms with Crippen LogP contribution in [0.1, 0.15) is 83.0 Å². The van der Waals surface area contributed by atoms with Crippen LogP contribution < -0.4 is 4.52 Å². The van der Waals surface area contributed by atoms with Crippen LogP contribution in [0.2, 0.25) is 0 Å². The quantitative estimate of drug-likeness (QED) is 0.341. The van der Waals surface area contributed by atoms with Crippen LogP contribution in [0.15, 0.2) is 18.2 Å². The van der Waals surface area contributed by atoms with Crippen LogP contribution >= 0.6 is 7.82 Å². The van der Waals surface area contributed by atoms with Gasteiger partial charge in [0.25, 0.3) is 0 Å². The van der Waals surface area contributed by atoms with Gasteiger partial charge in [0.05, 0.1) is 22.3 Å². The Morgan fingerprint density at radius 1 is 0.893 bits per heavy atom.